The number of hydrogen-bond donors (Lipinski definition) is 2. The van der Waals surface area contributed by atoms with Crippen LogP contribution in [-0.2, 0) is 4.79 Å². The van der Waals surface area contributed by atoms with Crippen molar-refractivity contribution in [3.8, 4) is 11.8 Å². The molecule has 0 aliphatic rings. The molecule has 0 heterocycles. The number of carbonyl (C=O) groups excluding carboxylic acids is 1. The van der Waals surface area contributed by atoms with E-state index in [1.807, 2.05) is 0 Å². The van der Waals surface area contributed by atoms with Crippen LogP contribution in [0.2, 0.25) is 0 Å². The van der Waals surface area contributed by atoms with Gasteiger partial charge in [0.05, 0.1) is 10.5 Å². The Morgan fingerprint density at radius 3 is 2.89 bits per heavy atom. The quantitative estimate of drug-likeness (QED) is 0.274. The smallest absolute Gasteiger partial charge is 0.270 e. The predicted molar refractivity (Wildman–Crippen MR) is 67.7 cm³/mol. The van der Waals surface area contributed by atoms with Gasteiger partial charge in [0.15, 0.2) is 0 Å². The van der Waals surface area contributed by atoms with E-state index in [1.54, 1.807) is 0 Å². The van der Waals surface area contributed by atoms with Gasteiger partial charge in [-0.3, -0.25) is 14.9 Å². The van der Waals surface area contributed by atoms with Gasteiger partial charge >= 0.3 is 0 Å². The summed E-state index contributed by atoms with van der Waals surface area (Å²) in [6, 6.07) is 4.12. The summed E-state index contributed by atoms with van der Waals surface area (Å²) in [6.07, 6.45) is 0.460. The molecule has 0 saturated heterocycles. The molecule has 1 rings (SSSR count). The van der Waals surface area contributed by atoms with Crippen LogP contribution < -0.4 is 11.1 Å². The van der Waals surface area contributed by atoms with E-state index in [4.69, 9.17) is 5.73 Å². The van der Waals surface area contributed by atoms with E-state index in [-0.39, 0.29) is 11.6 Å². The lowest BCUT2D eigenvalue weighted by Crippen LogP contribution is -2.20. The van der Waals surface area contributed by atoms with Crippen molar-refractivity contribution in [1.29, 1.82) is 0 Å². The maximum absolute atomic E-state index is 10.6. The zero-order chi connectivity index (χ0) is 13.5. The first kappa shape index (κ1) is 13.5. The number of benzene rings is 1. The van der Waals surface area contributed by atoms with Crippen LogP contribution >= 0.6 is 0 Å². The Morgan fingerprint density at radius 1 is 1.56 bits per heavy atom. The molecule has 18 heavy (non-hydrogen) atoms. The number of nitrogens with one attached hydrogen (secondary N) is 1. The van der Waals surface area contributed by atoms with Crippen LogP contribution in [0.1, 0.15) is 18.9 Å². The van der Waals surface area contributed by atoms with E-state index in [0.29, 0.717) is 24.2 Å². The largest absolute Gasteiger partial charge is 0.398 e. The minimum Gasteiger partial charge on any atom is -0.398 e. The minimum atomic E-state index is -0.498. The molecule has 0 bridgehead atoms. The highest BCUT2D eigenvalue weighted by molar-refractivity contribution is 5.72. The van der Waals surface area contributed by atoms with Crippen LogP contribution in [0.25, 0.3) is 0 Å². The van der Waals surface area contributed by atoms with Crippen molar-refractivity contribution in [2.24, 2.45) is 0 Å². The second-order valence-corrected chi connectivity index (χ2v) is 3.56. The number of nitrogens with two attached hydrogens (primary N) is 1. The van der Waals surface area contributed by atoms with Crippen molar-refractivity contribution in [1.82, 2.24) is 5.32 Å². The SMILES string of the molecule is CC(=O)NCCC#Cc1cc([N+](=O)[O-])ccc1N. The van der Waals surface area contributed by atoms with Crippen LogP contribution in [0.4, 0.5) is 11.4 Å². The van der Waals surface area contributed by atoms with Crippen molar-refractivity contribution in [2.45, 2.75) is 13.3 Å². The molecule has 1 aromatic carbocycles. The number of rotatable bonds is 3. The average Bonchev–Trinajstić information content (AvgIpc) is 2.30. The van der Waals surface area contributed by atoms with Crippen LogP contribution in [-0.4, -0.2) is 17.4 Å². The monoisotopic (exact) mass is 247 g/mol. The summed E-state index contributed by atoms with van der Waals surface area (Å²) in [7, 11) is 0. The predicted octanol–water partition coefficient (Wildman–Crippen LogP) is 1.05. The molecule has 0 unspecified atom stereocenters. The first-order chi connectivity index (χ1) is 8.50. The van der Waals surface area contributed by atoms with Gasteiger partial charge in [-0.05, 0) is 6.07 Å². The third-order valence-corrected chi connectivity index (χ3v) is 2.09. The maximum Gasteiger partial charge on any atom is 0.270 e. The molecule has 6 heteroatoms. The Kier molecular flexibility index (Phi) is 4.69. The topological polar surface area (TPSA) is 98.3 Å². The minimum absolute atomic E-state index is 0.0460. The van der Waals surface area contributed by atoms with E-state index in [2.05, 4.69) is 17.2 Å². The Labute approximate surface area is 104 Å². The number of nitrogens with zero attached hydrogens (tertiary/aromatic N) is 1. The molecule has 0 spiro atoms. The molecule has 0 aliphatic carbocycles. The van der Waals surface area contributed by atoms with Crippen LogP contribution in [0.15, 0.2) is 18.2 Å². The van der Waals surface area contributed by atoms with Gasteiger partial charge in [0.25, 0.3) is 5.69 Å². The Hall–Kier alpha value is -2.55. The highest BCUT2D eigenvalue weighted by atomic mass is 16.6. The Morgan fingerprint density at radius 2 is 2.28 bits per heavy atom. The molecular formula is C12H13N3O3. The molecule has 1 aromatic rings. The summed E-state index contributed by atoms with van der Waals surface area (Å²) < 4.78 is 0. The van der Waals surface area contributed by atoms with E-state index < -0.39 is 4.92 Å². The normalized spacial score (nSPS) is 9.17. The van der Waals surface area contributed by atoms with Gasteiger partial charge in [0.2, 0.25) is 5.91 Å². The maximum atomic E-state index is 10.6. The first-order valence-electron chi connectivity index (χ1n) is 5.28. The molecule has 0 saturated carbocycles. The third-order valence-electron chi connectivity index (χ3n) is 2.09. The summed E-state index contributed by atoms with van der Waals surface area (Å²) in [5.41, 5.74) is 6.43. The Bertz CT molecular complexity index is 529. The third kappa shape index (κ3) is 4.14. The molecule has 6 nitrogen and oxygen atoms in total. The van der Waals surface area contributed by atoms with Gasteiger partial charge in [-0.1, -0.05) is 11.8 Å². The van der Waals surface area contributed by atoms with Crippen molar-refractivity contribution < 1.29 is 9.72 Å². The number of nitro benzene ring substituents is 1. The highest BCUT2D eigenvalue weighted by Gasteiger charge is 2.07. The van der Waals surface area contributed by atoms with E-state index in [9.17, 15) is 14.9 Å². The number of nitrogen functional groups attached to an aromatic ring is 1. The van der Waals surface area contributed by atoms with Gasteiger partial charge in [0.1, 0.15) is 0 Å². The van der Waals surface area contributed by atoms with Crippen LogP contribution in [0, 0.1) is 22.0 Å². The van der Waals surface area contributed by atoms with Gasteiger partial charge in [-0.25, -0.2) is 0 Å². The van der Waals surface area contributed by atoms with Gasteiger partial charge in [0, 0.05) is 37.7 Å². The average molecular weight is 247 g/mol. The molecule has 0 radical (unpaired) electrons. The molecule has 0 aromatic heterocycles. The summed E-state index contributed by atoms with van der Waals surface area (Å²) >= 11 is 0. The lowest BCUT2D eigenvalue weighted by molar-refractivity contribution is -0.384. The number of anilines is 1. The Balaban J connectivity index is 2.71. The first-order valence-corrected chi connectivity index (χ1v) is 5.28. The van der Waals surface area contributed by atoms with Gasteiger partial charge < -0.3 is 11.1 Å². The molecule has 0 fully saturated rings. The lowest BCUT2D eigenvalue weighted by Gasteiger charge is -1.98. The standard InChI is InChI=1S/C12H13N3O3/c1-9(16)14-7-3-2-4-10-8-11(15(17)18)5-6-12(10)13/h5-6,8H,3,7,13H2,1H3,(H,14,16). The molecule has 1 amide bonds. The second kappa shape index (κ2) is 6.25. The summed E-state index contributed by atoms with van der Waals surface area (Å²) in [4.78, 5) is 20.7. The van der Waals surface area contributed by atoms with Gasteiger partial charge in [-0.15, -0.1) is 0 Å². The lowest BCUT2D eigenvalue weighted by atomic mass is 10.1. The highest BCUT2D eigenvalue weighted by Crippen LogP contribution is 2.18. The zero-order valence-electron chi connectivity index (χ0n) is 9.90. The van der Waals surface area contributed by atoms with Crippen molar-refractivity contribution in [2.75, 3.05) is 12.3 Å². The fraction of sp³-hybridized carbons (Fsp3) is 0.250. The van der Waals surface area contributed by atoms with Crippen LogP contribution in [0.3, 0.4) is 0 Å². The number of hydrogen-bond acceptors (Lipinski definition) is 4. The molecule has 94 valence electrons. The fourth-order valence-electron chi connectivity index (χ4n) is 1.22. The molecule has 0 aliphatic heterocycles. The van der Waals surface area contributed by atoms with Crippen molar-refractivity contribution in [3.05, 3.63) is 33.9 Å². The van der Waals surface area contributed by atoms with E-state index in [1.165, 1.54) is 25.1 Å². The summed E-state index contributed by atoms with van der Waals surface area (Å²) in [5.74, 6) is 5.43. The van der Waals surface area contributed by atoms with Crippen molar-refractivity contribution >= 4 is 17.3 Å². The summed E-state index contributed by atoms with van der Waals surface area (Å²) in [6.45, 7) is 1.86. The number of nitro groups is 1. The van der Waals surface area contributed by atoms with Gasteiger partial charge in [-0.2, -0.15) is 0 Å². The van der Waals surface area contributed by atoms with E-state index >= 15 is 0 Å². The van der Waals surface area contributed by atoms with Crippen molar-refractivity contribution in [3.63, 3.8) is 0 Å². The fourth-order valence-corrected chi connectivity index (χ4v) is 1.22. The number of carbonyl (C=O) groups is 1. The second-order valence-electron chi connectivity index (χ2n) is 3.56. The van der Waals surface area contributed by atoms with E-state index in [0.717, 1.165) is 0 Å². The molecule has 0 atom stereocenters. The van der Waals surface area contributed by atoms with Crippen LogP contribution in [0.5, 0.6) is 0 Å². The number of non-ortho nitro benzene ring substituents is 1. The number of amides is 1. The summed E-state index contributed by atoms with van der Waals surface area (Å²) in [5, 5.41) is 13.2. The zero-order valence-corrected chi connectivity index (χ0v) is 9.90. The molecule has 3 N–H and O–H groups in total. The molecular weight excluding hydrogens is 234 g/mol.